The van der Waals surface area contributed by atoms with Gasteiger partial charge in [0.25, 0.3) is 5.91 Å². The van der Waals surface area contributed by atoms with Crippen LogP contribution in [0.5, 0.6) is 0 Å². The van der Waals surface area contributed by atoms with Gasteiger partial charge in [0.15, 0.2) is 0 Å². The maximum atomic E-state index is 13.1. The van der Waals surface area contributed by atoms with Gasteiger partial charge in [-0.15, -0.1) is 0 Å². The van der Waals surface area contributed by atoms with Crippen molar-refractivity contribution in [3.05, 3.63) is 89.0 Å². The summed E-state index contributed by atoms with van der Waals surface area (Å²) in [5.74, 6) is -0.541. The molecule has 1 aliphatic rings. The number of carbonyl (C=O) groups excluding carboxylic acids is 3. The number of allylic oxidation sites excluding steroid dienone is 2. The van der Waals surface area contributed by atoms with E-state index in [0.29, 0.717) is 23.6 Å². The molecule has 0 N–H and O–H groups in total. The van der Waals surface area contributed by atoms with Crippen LogP contribution >= 0.6 is 11.6 Å². The fraction of sp³-hybridized carbons (Fsp3) is 0.424. The third-order valence-electron chi connectivity index (χ3n) is 6.74. The van der Waals surface area contributed by atoms with Gasteiger partial charge in [0.1, 0.15) is 5.60 Å². The number of carbonyl (C=O) groups is 3. The average molecular weight is 567 g/mol. The monoisotopic (exact) mass is 566 g/mol. The number of benzene rings is 2. The van der Waals surface area contributed by atoms with Gasteiger partial charge in [-0.2, -0.15) is 0 Å². The van der Waals surface area contributed by atoms with Crippen LogP contribution in [0.15, 0.2) is 72.8 Å². The largest absolute Gasteiger partial charge is 0.460 e. The number of hydrogen-bond acceptors (Lipinski definition) is 4. The van der Waals surface area contributed by atoms with E-state index in [4.69, 9.17) is 16.3 Å². The van der Waals surface area contributed by atoms with Gasteiger partial charge in [-0.1, -0.05) is 49.4 Å². The first kappa shape index (κ1) is 32.8. The van der Waals surface area contributed by atoms with Crippen LogP contribution < -0.4 is 4.90 Å². The second-order valence-electron chi connectivity index (χ2n) is 11.5. The Balaban J connectivity index is 0.000000389. The summed E-state index contributed by atoms with van der Waals surface area (Å²) >= 11 is 5.67. The number of amides is 2. The lowest BCUT2D eigenvalue weighted by Gasteiger charge is -2.24. The fourth-order valence-corrected chi connectivity index (χ4v) is 4.26. The van der Waals surface area contributed by atoms with Crippen molar-refractivity contribution in [1.29, 1.82) is 0 Å². The van der Waals surface area contributed by atoms with E-state index in [-0.39, 0.29) is 23.7 Å². The Kier molecular flexibility index (Phi) is 11.3. The minimum absolute atomic E-state index is 0.00772. The van der Waals surface area contributed by atoms with Gasteiger partial charge in [0.05, 0.1) is 11.3 Å². The molecule has 216 valence electrons. The van der Waals surface area contributed by atoms with Gasteiger partial charge < -0.3 is 14.5 Å². The lowest BCUT2D eigenvalue weighted by Crippen LogP contribution is -2.32. The highest BCUT2D eigenvalue weighted by Gasteiger charge is 2.45. The topological polar surface area (TPSA) is 66.9 Å². The van der Waals surface area contributed by atoms with Crippen LogP contribution in [0, 0.1) is 5.41 Å². The predicted octanol–water partition coefficient (Wildman–Crippen LogP) is 7.44. The first-order valence-electron chi connectivity index (χ1n) is 13.6. The molecule has 7 heteroatoms. The summed E-state index contributed by atoms with van der Waals surface area (Å²) in [5.41, 5.74) is 2.22. The molecule has 6 nitrogen and oxygen atoms in total. The molecule has 2 aromatic carbocycles. The summed E-state index contributed by atoms with van der Waals surface area (Å²) in [6.07, 6.45) is 5.78. The highest BCUT2D eigenvalue weighted by atomic mass is 35.5. The van der Waals surface area contributed by atoms with Gasteiger partial charge >= 0.3 is 5.97 Å². The third-order valence-corrected chi connectivity index (χ3v) is 6.99. The van der Waals surface area contributed by atoms with Crippen LogP contribution in [0.4, 0.5) is 5.69 Å². The van der Waals surface area contributed by atoms with E-state index in [1.165, 1.54) is 4.90 Å². The van der Waals surface area contributed by atoms with Crippen molar-refractivity contribution in [2.75, 3.05) is 25.5 Å². The molecule has 1 saturated heterocycles. The second kappa shape index (κ2) is 13.8. The maximum absolute atomic E-state index is 13.1. The summed E-state index contributed by atoms with van der Waals surface area (Å²) in [7, 11) is 3.44. The van der Waals surface area contributed by atoms with Crippen LogP contribution in [0.25, 0.3) is 0 Å². The molecule has 0 radical (unpaired) electrons. The van der Waals surface area contributed by atoms with Gasteiger partial charge in [-0.25, -0.2) is 0 Å². The Hall–Kier alpha value is -3.38. The van der Waals surface area contributed by atoms with Crippen LogP contribution in [0.3, 0.4) is 0 Å². The Morgan fingerprint density at radius 2 is 1.68 bits per heavy atom. The Morgan fingerprint density at radius 1 is 1.10 bits per heavy atom. The van der Waals surface area contributed by atoms with E-state index in [9.17, 15) is 14.4 Å². The predicted molar refractivity (Wildman–Crippen MR) is 164 cm³/mol. The molecule has 0 spiro atoms. The van der Waals surface area contributed by atoms with Crippen LogP contribution in [0.1, 0.15) is 76.2 Å². The first-order chi connectivity index (χ1) is 18.6. The zero-order valence-corrected chi connectivity index (χ0v) is 25.8. The summed E-state index contributed by atoms with van der Waals surface area (Å²) < 4.78 is 5.47. The molecular weight excluding hydrogens is 524 g/mol. The fourth-order valence-electron chi connectivity index (χ4n) is 4.13. The van der Waals surface area contributed by atoms with E-state index < -0.39 is 11.0 Å². The summed E-state index contributed by atoms with van der Waals surface area (Å²) in [6, 6.07) is 14.4. The van der Waals surface area contributed by atoms with Crippen molar-refractivity contribution in [3.63, 3.8) is 0 Å². The Labute approximate surface area is 244 Å². The van der Waals surface area contributed by atoms with Gasteiger partial charge in [-0.3, -0.25) is 14.4 Å². The van der Waals surface area contributed by atoms with E-state index in [2.05, 4.69) is 25.7 Å². The minimum atomic E-state index is -0.561. The van der Waals surface area contributed by atoms with Crippen molar-refractivity contribution in [1.82, 2.24) is 4.90 Å². The molecule has 1 heterocycles. The smallest absolute Gasteiger partial charge is 0.313 e. The number of nitrogens with zero attached hydrogens (tertiary/aromatic N) is 2. The number of hydrogen-bond donors (Lipinski definition) is 0. The lowest BCUT2D eigenvalue weighted by atomic mass is 9.81. The number of anilines is 1. The summed E-state index contributed by atoms with van der Waals surface area (Å²) in [5, 5.41) is 0.644. The number of halogens is 1. The van der Waals surface area contributed by atoms with E-state index >= 15 is 0 Å². The Morgan fingerprint density at radius 3 is 2.17 bits per heavy atom. The molecule has 2 atom stereocenters. The van der Waals surface area contributed by atoms with Crippen molar-refractivity contribution >= 4 is 35.1 Å². The van der Waals surface area contributed by atoms with Crippen LogP contribution in [-0.4, -0.2) is 48.9 Å². The van der Waals surface area contributed by atoms with Crippen molar-refractivity contribution in [2.45, 2.75) is 65.9 Å². The first-order valence-corrected chi connectivity index (χ1v) is 13.9. The molecule has 2 amide bonds. The zero-order valence-electron chi connectivity index (χ0n) is 25.1. The van der Waals surface area contributed by atoms with E-state index in [1.807, 2.05) is 58.9 Å². The molecule has 2 unspecified atom stereocenters. The SMILES string of the molecule is C=C1CN(c2ccc(C(C)C(=O)OC(C)(C)C)cc2)C(=O)C1(C)C/C=C\CC.CN(C)C(=O)c1ccc(Cl)cc1. The molecule has 0 saturated carbocycles. The number of ether oxygens (including phenoxy) is 1. The molecule has 3 rings (SSSR count). The highest BCUT2D eigenvalue weighted by Crippen LogP contribution is 2.41. The quantitative estimate of drug-likeness (QED) is 0.258. The third kappa shape index (κ3) is 8.56. The number of esters is 1. The summed E-state index contributed by atoms with van der Waals surface area (Å²) in [6.45, 7) is 16.1. The van der Waals surface area contributed by atoms with E-state index in [1.54, 1.807) is 43.3 Å². The van der Waals surface area contributed by atoms with Crippen molar-refractivity contribution in [3.8, 4) is 0 Å². The maximum Gasteiger partial charge on any atom is 0.313 e. The van der Waals surface area contributed by atoms with Crippen molar-refractivity contribution < 1.29 is 19.1 Å². The van der Waals surface area contributed by atoms with E-state index in [0.717, 1.165) is 23.2 Å². The van der Waals surface area contributed by atoms with Crippen molar-refractivity contribution in [2.24, 2.45) is 5.41 Å². The average Bonchev–Trinajstić information content (AvgIpc) is 3.12. The molecule has 40 heavy (non-hydrogen) atoms. The summed E-state index contributed by atoms with van der Waals surface area (Å²) in [4.78, 5) is 40.0. The standard InChI is InChI=1S/C24H33NO3.C9H10ClNO/c1-8-9-10-15-24(7)17(2)16-25(22(24)27)20-13-11-19(12-14-20)18(3)21(26)28-23(4,5)6;1-11(2)9(12)7-3-5-8(10)6-4-7/h9-14,18H,2,8,15-16H2,1,3-7H3;3-6H,1-2H3/b10-9-;. The Bertz CT molecular complexity index is 1230. The molecular formula is C33H43ClN2O4. The molecule has 0 aliphatic carbocycles. The van der Waals surface area contributed by atoms with Crippen LogP contribution in [-0.2, 0) is 14.3 Å². The zero-order chi connectivity index (χ0) is 30.3. The highest BCUT2D eigenvalue weighted by molar-refractivity contribution is 6.30. The normalized spacial score (nSPS) is 17.9. The van der Waals surface area contributed by atoms with Gasteiger partial charge in [0.2, 0.25) is 5.91 Å². The second-order valence-corrected chi connectivity index (χ2v) is 11.9. The molecule has 0 aromatic heterocycles. The molecule has 0 bridgehead atoms. The lowest BCUT2D eigenvalue weighted by molar-refractivity contribution is -0.156. The molecule has 1 aliphatic heterocycles. The van der Waals surface area contributed by atoms with Gasteiger partial charge in [-0.05, 0) is 95.0 Å². The molecule has 2 aromatic rings. The molecule has 1 fully saturated rings. The minimum Gasteiger partial charge on any atom is -0.460 e. The number of rotatable bonds is 7. The van der Waals surface area contributed by atoms with Crippen LogP contribution in [0.2, 0.25) is 5.02 Å². The van der Waals surface area contributed by atoms with Gasteiger partial charge in [0, 0.05) is 36.9 Å².